The molecule has 1 heteroatoms. The smallest absolute Gasteiger partial charge is 0.163 e. The van der Waals surface area contributed by atoms with Crippen LogP contribution in [0.5, 0.6) is 0 Å². The Kier molecular flexibility index (Phi) is 2.48. The lowest BCUT2D eigenvalue weighted by Crippen LogP contribution is -2.21. The molecule has 0 radical (unpaired) electrons. The Hall–Kier alpha value is -1.89. The maximum absolute atomic E-state index is 12.2. The topological polar surface area (TPSA) is 17.1 Å². The third-order valence-electron chi connectivity index (χ3n) is 5.96. The fourth-order valence-electron chi connectivity index (χ4n) is 5.00. The van der Waals surface area contributed by atoms with E-state index < -0.39 is 0 Å². The summed E-state index contributed by atoms with van der Waals surface area (Å²) >= 11 is 0. The van der Waals surface area contributed by atoms with Crippen molar-refractivity contribution < 1.29 is 4.79 Å². The van der Waals surface area contributed by atoms with E-state index in [1.807, 2.05) is 0 Å². The monoisotopic (exact) mass is 288 g/mol. The molecule has 1 spiro atoms. The van der Waals surface area contributed by atoms with E-state index in [0.717, 1.165) is 31.2 Å². The zero-order valence-corrected chi connectivity index (χ0v) is 12.8. The molecule has 0 unspecified atom stereocenters. The largest absolute Gasteiger partial charge is 0.294 e. The van der Waals surface area contributed by atoms with Gasteiger partial charge in [0.05, 0.1) is 0 Å². The van der Waals surface area contributed by atoms with E-state index in [4.69, 9.17) is 0 Å². The van der Waals surface area contributed by atoms with E-state index in [1.54, 1.807) is 0 Å². The molecule has 0 amide bonds. The van der Waals surface area contributed by atoms with E-state index in [2.05, 4.69) is 36.4 Å². The maximum Gasteiger partial charge on any atom is 0.163 e. The lowest BCUT2D eigenvalue weighted by Gasteiger charge is -2.21. The molecule has 110 valence electrons. The van der Waals surface area contributed by atoms with Gasteiger partial charge < -0.3 is 0 Å². The molecule has 3 aliphatic carbocycles. The van der Waals surface area contributed by atoms with Crippen molar-refractivity contribution in [3.05, 3.63) is 69.8 Å². The fourth-order valence-corrected chi connectivity index (χ4v) is 5.00. The number of rotatable bonds is 0. The Morgan fingerprint density at radius 2 is 1.36 bits per heavy atom. The third kappa shape index (κ3) is 1.75. The van der Waals surface area contributed by atoms with Gasteiger partial charge in [-0.15, -0.1) is 0 Å². The number of Topliss-reactive ketones (excluding diaryl/α,β-unsaturated/α-hetero) is 1. The highest BCUT2D eigenvalue weighted by Crippen LogP contribution is 2.48. The average molecular weight is 288 g/mol. The van der Waals surface area contributed by atoms with Crippen LogP contribution in [-0.2, 0) is 32.1 Å². The Morgan fingerprint density at radius 3 is 2.09 bits per heavy atom. The molecule has 0 aromatic heterocycles. The minimum Gasteiger partial charge on any atom is -0.294 e. The van der Waals surface area contributed by atoms with Gasteiger partial charge in [-0.05, 0) is 77.8 Å². The SMILES string of the molecule is O=C1CCCc2cc3c(cc21)CC1(Cc2ccccc2C1)C3. The zero-order chi connectivity index (χ0) is 14.7. The summed E-state index contributed by atoms with van der Waals surface area (Å²) in [7, 11) is 0. The van der Waals surface area contributed by atoms with Crippen LogP contribution in [0.1, 0.15) is 51.0 Å². The van der Waals surface area contributed by atoms with Gasteiger partial charge in [-0.2, -0.15) is 0 Å². The number of ketones is 1. The summed E-state index contributed by atoms with van der Waals surface area (Å²) in [6.07, 6.45) is 7.61. The molecular weight excluding hydrogens is 268 g/mol. The molecular formula is C21H20O. The Labute approximate surface area is 131 Å². The van der Waals surface area contributed by atoms with Gasteiger partial charge >= 0.3 is 0 Å². The van der Waals surface area contributed by atoms with Crippen LogP contribution in [0.2, 0.25) is 0 Å². The van der Waals surface area contributed by atoms with Gasteiger partial charge in [0.25, 0.3) is 0 Å². The quantitative estimate of drug-likeness (QED) is 0.713. The molecule has 2 aromatic carbocycles. The number of carbonyl (C=O) groups excluding carboxylic acids is 1. The van der Waals surface area contributed by atoms with Gasteiger partial charge in [0.2, 0.25) is 0 Å². The average Bonchev–Trinajstić information content (AvgIpc) is 3.03. The zero-order valence-electron chi connectivity index (χ0n) is 12.8. The second-order valence-corrected chi connectivity index (χ2v) is 7.53. The number of fused-ring (bicyclic) bond motifs is 3. The van der Waals surface area contributed by atoms with Crippen molar-refractivity contribution in [1.82, 2.24) is 0 Å². The number of hydrogen-bond donors (Lipinski definition) is 0. The Morgan fingerprint density at radius 1 is 0.727 bits per heavy atom. The molecule has 0 heterocycles. The van der Waals surface area contributed by atoms with E-state index in [1.165, 1.54) is 47.1 Å². The van der Waals surface area contributed by atoms with Gasteiger partial charge in [0, 0.05) is 12.0 Å². The fraction of sp³-hybridized carbons (Fsp3) is 0.381. The Balaban J connectivity index is 1.53. The van der Waals surface area contributed by atoms with Crippen LogP contribution >= 0.6 is 0 Å². The summed E-state index contributed by atoms with van der Waals surface area (Å²) in [5.74, 6) is 0.361. The first kappa shape index (κ1) is 12.6. The van der Waals surface area contributed by atoms with Crippen LogP contribution in [0, 0.1) is 5.41 Å². The number of hydrogen-bond acceptors (Lipinski definition) is 1. The summed E-state index contributed by atoms with van der Waals surface area (Å²) in [6, 6.07) is 13.5. The number of benzene rings is 2. The van der Waals surface area contributed by atoms with E-state index >= 15 is 0 Å². The molecule has 5 rings (SSSR count). The first-order valence-corrected chi connectivity index (χ1v) is 8.47. The normalized spacial score (nSPS) is 20.8. The summed E-state index contributed by atoms with van der Waals surface area (Å²) in [5, 5.41) is 0. The van der Waals surface area contributed by atoms with Crippen LogP contribution < -0.4 is 0 Å². The standard InChI is InChI=1S/C21H20O/c22-20-7-3-6-14-8-17-12-21(13-18(17)9-19(14)20)10-15-4-1-2-5-16(15)11-21/h1-2,4-5,8-9H,3,6-7,10-13H2. The van der Waals surface area contributed by atoms with Crippen molar-refractivity contribution in [3.63, 3.8) is 0 Å². The van der Waals surface area contributed by atoms with Crippen molar-refractivity contribution in [2.24, 2.45) is 5.41 Å². The first-order chi connectivity index (χ1) is 10.7. The molecule has 0 saturated carbocycles. The minimum atomic E-state index is 0.361. The maximum atomic E-state index is 12.2. The lowest BCUT2D eigenvalue weighted by molar-refractivity contribution is 0.0972. The minimum absolute atomic E-state index is 0.361. The second kappa shape index (κ2) is 4.32. The molecule has 1 nitrogen and oxygen atoms in total. The van der Waals surface area contributed by atoms with E-state index in [0.29, 0.717) is 11.2 Å². The summed E-state index contributed by atoms with van der Waals surface area (Å²) in [6.45, 7) is 0. The van der Waals surface area contributed by atoms with Crippen LogP contribution in [0.25, 0.3) is 0 Å². The third-order valence-corrected chi connectivity index (χ3v) is 5.96. The molecule has 0 saturated heterocycles. The van der Waals surface area contributed by atoms with Crippen molar-refractivity contribution in [2.45, 2.75) is 44.9 Å². The lowest BCUT2D eigenvalue weighted by atomic mass is 9.82. The molecule has 0 N–H and O–H groups in total. The molecule has 0 bridgehead atoms. The highest BCUT2D eigenvalue weighted by molar-refractivity contribution is 5.98. The van der Waals surface area contributed by atoms with Crippen molar-refractivity contribution in [1.29, 1.82) is 0 Å². The molecule has 2 aromatic rings. The predicted molar refractivity (Wildman–Crippen MR) is 87.4 cm³/mol. The molecule has 0 aliphatic heterocycles. The van der Waals surface area contributed by atoms with Crippen molar-refractivity contribution in [2.75, 3.05) is 0 Å². The predicted octanol–water partition coefficient (Wildman–Crippen LogP) is 4.09. The first-order valence-electron chi connectivity index (χ1n) is 8.47. The van der Waals surface area contributed by atoms with E-state index in [9.17, 15) is 4.79 Å². The van der Waals surface area contributed by atoms with Crippen LogP contribution in [0.4, 0.5) is 0 Å². The van der Waals surface area contributed by atoms with Crippen LogP contribution in [0.3, 0.4) is 0 Å². The Bertz CT molecular complexity index is 775. The molecule has 0 fully saturated rings. The summed E-state index contributed by atoms with van der Waals surface area (Å²) in [4.78, 5) is 12.2. The summed E-state index contributed by atoms with van der Waals surface area (Å²) < 4.78 is 0. The molecule has 3 aliphatic rings. The van der Waals surface area contributed by atoms with Gasteiger partial charge in [-0.1, -0.05) is 30.3 Å². The number of aryl methyl sites for hydroxylation is 1. The van der Waals surface area contributed by atoms with Gasteiger partial charge in [-0.3, -0.25) is 4.79 Å². The van der Waals surface area contributed by atoms with Gasteiger partial charge in [0.1, 0.15) is 0 Å². The highest BCUT2D eigenvalue weighted by atomic mass is 16.1. The second-order valence-electron chi connectivity index (χ2n) is 7.53. The van der Waals surface area contributed by atoms with E-state index in [-0.39, 0.29) is 0 Å². The van der Waals surface area contributed by atoms with Gasteiger partial charge in [-0.25, -0.2) is 0 Å². The van der Waals surface area contributed by atoms with Crippen LogP contribution in [-0.4, -0.2) is 5.78 Å². The highest BCUT2D eigenvalue weighted by Gasteiger charge is 2.42. The molecule has 22 heavy (non-hydrogen) atoms. The number of carbonyl (C=O) groups is 1. The molecule has 0 atom stereocenters. The summed E-state index contributed by atoms with van der Waals surface area (Å²) in [5.41, 5.74) is 8.76. The van der Waals surface area contributed by atoms with Crippen LogP contribution in [0.15, 0.2) is 36.4 Å². The van der Waals surface area contributed by atoms with Crippen molar-refractivity contribution in [3.8, 4) is 0 Å². The van der Waals surface area contributed by atoms with Gasteiger partial charge in [0.15, 0.2) is 5.78 Å². The van der Waals surface area contributed by atoms with Crippen molar-refractivity contribution >= 4 is 5.78 Å².